The average Bonchev–Trinajstić information content (AvgIpc) is 3.41. The normalized spacial score (nSPS) is 10.8. The number of benzene rings is 4. The van der Waals surface area contributed by atoms with Crippen LogP contribution in [0.15, 0.2) is 103 Å². The molecule has 0 bridgehead atoms. The van der Waals surface area contributed by atoms with Crippen LogP contribution in [0.2, 0.25) is 0 Å². The molecule has 0 unspecified atom stereocenters. The topological polar surface area (TPSA) is 75.0 Å². The molecule has 4 heterocycles. The molecule has 4 aromatic heterocycles. The molecule has 0 saturated carbocycles. The van der Waals surface area contributed by atoms with E-state index in [-0.39, 0.29) is 64.4 Å². The summed E-state index contributed by atoms with van der Waals surface area (Å²) >= 11 is 0. The molecule has 8 aromatic rings. The van der Waals surface area contributed by atoms with E-state index in [2.05, 4.69) is 44.2 Å². The smallest absolute Gasteiger partial charge is 0.503 e. The van der Waals surface area contributed by atoms with Crippen molar-refractivity contribution in [1.29, 1.82) is 0 Å². The number of aromatic nitrogens is 5. The van der Waals surface area contributed by atoms with Crippen LogP contribution < -0.4 is 9.47 Å². The summed E-state index contributed by atoms with van der Waals surface area (Å²) in [5, 5.41) is 1.59. The van der Waals surface area contributed by atoms with Gasteiger partial charge in [0.2, 0.25) is 17.8 Å². The monoisotopic (exact) mass is 952 g/mol. The van der Waals surface area contributed by atoms with E-state index in [0.717, 1.165) is 22.9 Å². The van der Waals surface area contributed by atoms with Crippen LogP contribution in [0.25, 0.3) is 50.3 Å². The Bertz CT molecular complexity index is 2340. The number of hydrogen-bond acceptors (Lipinski definition) is 6. The van der Waals surface area contributed by atoms with E-state index >= 15 is 0 Å². The molecule has 0 fully saturated rings. The van der Waals surface area contributed by atoms with Crippen molar-refractivity contribution >= 4 is 21.8 Å². The Morgan fingerprint density at radius 3 is 1.43 bits per heavy atom. The maximum Gasteiger partial charge on any atom is 2.00 e. The van der Waals surface area contributed by atoms with Crippen molar-refractivity contribution in [2.24, 2.45) is 0 Å². The Morgan fingerprint density at radius 2 is 0.980 bits per heavy atom. The van der Waals surface area contributed by atoms with Crippen LogP contribution in [0.5, 0.6) is 23.0 Å². The number of fused-ring (bicyclic) bond motifs is 3. The summed E-state index contributed by atoms with van der Waals surface area (Å²) in [6, 6.07) is 34.9. The van der Waals surface area contributed by atoms with E-state index in [1.807, 2.05) is 12.1 Å². The number of hydrogen-bond donors (Lipinski definition) is 0. The van der Waals surface area contributed by atoms with Crippen molar-refractivity contribution in [3.8, 4) is 51.5 Å². The van der Waals surface area contributed by atoms with Crippen LogP contribution in [0, 0.1) is 47.8 Å². The first-order valence-corrected chi connectivity index (χ1v) is 14.6. The van der Waals surface area contributed by atoms with Gasteiger partial charge in [-0.3, -0.25) is 9.97 Å². The Balaban J connectivity index is 0.00000224. The zero-order valence-electron chi connectivity index (χ0n) is 25.5. The maximum atomic E-state index is 13.8. The van der Waals surface area contributed by atoms with Crippen LogP contribution in [0.4, 0.5) is 17.6 Å². The zero-order valence-corrected chi connectivity index (χ0v) is 29.3. The first-order valence-electron chi connectivity index (χ1n) is 14.6. The molecular formula is C38H17F4N5O2PdPt. The summed E-state index contributed by atoms with van der Waals surface area (Å²) in [6.45, 7) is 0. The largest absolute Gasteiger partial charge is 2.00 e. The van der Waals surface area contributed by atoms with Gasteiger partial charge in [0, 0.05) is 47.5 Å². The first kappa shape index (κ1) is 35.6. The molecule has 51 heavy (non-hydrogen) atoms. The minimum Gasteiger partial charge on any atom is -0.503 e. The van der Waals surface area contributed by atoms with Gasteiger partial charge in [0.15, 0.2) is 0 Å². The predicted octanol–water partition coefficient (Wildman–Crippen LogP) is 9.03. The van der Waals surface area contributed by atoms with E-state index in [9.17, 15) is 17.6 Å². The van der Waals surface area contributed by atoms with Crippen LogP contribution in [0.3, 0.4) is 0 Å². The summed E-state index contributed by atoms with van der Waals surface area (Å²) in [6.07, 6.45) is 3.21. The van der Waals surface area contributed by atoms with E-state index < -0.39 is 23.5 Å². The van der Waals surface area contributed by atoms with Crippen molar-refractivity contribution in [1.82, 2.24) is 24.5 Å². The molecule has 0 aliphatic rings. The predicted molar refractivity (Wildman–Crippen MR) is 171 cm³/mol. The van der Waals surface area contributed by atoms with Crippen LogP contribution in [0.1, 0.15) is 0 Å². The van der Waals surface area contributed by atoms with E-state index in [4.69, 9.17) is 9.47 Å². The average molecular weight is 953 g/mol. The zero-order chi connectivity index (χ0) is 33.5. The van der Waals surface area contributed by atoms with Crippen molar-refractivity contribution in [2.75, 3.05) is 0 Å². The van der Waals surface area contributed by atoms with E-state index in [0.29, 0.717) is 51.7 Å². The number of nitrogens with zero attached hydrogens (tertiary/aromatic N) is 5. The Hall–Kier alpha value is -5.27. The van der Waals surface area contributed by atoms with Crippen molar-refractivity contribution < 1.29 is 68.5 Å². The second kappa shape index (κ2) is 14.9. The molecule has 8 rings (SSSR count). The van der Waals surface area contributed by atoms with Crippen LogP contribution in [-0.4, -0.2) is 24.5 Å². The van der Waals surface area contributed by atoms with Gasteiger partial charge in [-0.2, -0.15) is 31.7 Å². The second-order valence-electron chi connectivity index (χ2n) is 10.6. The SMILES string of the molecule is Fc1cc(F)nc(-c2[c-]c(Oc3[c-]c4c(cc3)c3ccc(Oc5[c-]c(-c6cc(F)cc(F)n6)ccc5)[c-]c3n4-c3ncccn3)ccc2)c1.[Pd+2].[Pt+2]. The Labute approximate surface area is 315 Å². The first-order chi connectivity index (χ1) is 23.9. The van der Waals surface area contributed by atoms with Gasteiger partial charge in [0.05, 0.1) is 0 Å². The molecule has 0 amide bonds. The van der Waals surface area contributed by atoms with E-state index in [1.54, 1.807) is 71.6 Å². The second-order valence-corrected chi connectivity index (χ2v) is 10.6. The van der Waals surface area contributed by atoms with Crippen molar-refractivity contribution in [2.45, 2.75) is 0 Å². The molecule has 254 valence electrons. The molecule has 0 N–H and O–H groups in total. The third kappa shape index (κ3) is 7.45. The van der Waals surface area contributed by atoms with Crippen molar-refractivity contribution in [3.63, 3.8) is 0 Å². The van der Waals surface area contributed by atoms with Gasteiger partial charge in [-0.15, -0.1) is 71.8 Å². The van der Waals surface area contributed by atoms with E-state index in [1.165, 1.54) is 0 Å². The number of rotatable bonds is 7. The third-order valence-corrected chi connectivity index (χ3v) is 7.33. The van der Waals surface area contributed by atoms with Gasteiger partial charge in [0.25, 0.3) is 0 Å². The number of halogens is 4. The number of pyridine rings is 2. The van der Waals surface area contributed by atoms with Gasteiger partial charge in [-0.25, -0.2) is 18.7 Å². The summed E-state index contributed by atoms with van der Waals surface area (Å²) < 4.78 is 69.1. The molecule has 0 aliphatic heterocycles. The molecule has 0 radical (unpaired) electrons. The molecule has 13 heteroatoms. The standard InChI is InChI=1S/C38H17F4N5O2.Pd.Pt/c39-24-16-32(45-36(41)18-24)22-4-1-6-26(14-22)48-28-8-10-30-31-11-9-29(21-35(31)47(34(30)20-28)38-43-12-3-13-44-38)49-27-7-2-5-23(15-27)33-17-25(40)19-37(42)46-33;;/h1-13,16-19H;;/q-4;2*+2. The third-order valence-electron chi connectivity index (χ3n) is 7.33. The summed E-state index contributed by atoms with van der Waals surface area (Å²) in [7, 11) is 0. The molecule has 0 atom stereocenters. The molecule has 7 nitrogen and oxygen atoms in total. The van der Waals surface area contributed by atoms with Gasteiger partial charge >= 0.3 is 41.5 Å². The fourth-order valence-corrected chi connectivity index (χ4v) is 5.31. The summed E-state index contributed by atoms with van der Waals surface area (Å²) in [5.74, 6) is -1.87. The van der Waals surface area contributed by atoms with Gasteiger partial charge in [-0.1, -0.05) is 23.2 Å². The quantitative estimate of drug-likeness (QED) is 0.0688. The van der Waals surface area contributed by atoms with Gasteiger partial charge < -0.3 is 14.0 Å². The molecule has 0 aliphatic carbocycles. The maximum absolute atomic E-state index is 13.8. The summed E-state index contributed by atoms with van der Waals surface area (Å²) in [4.78, 5) is 16.4. The van der Waals surface area contributed by atoms with Gasteiger partial charge in [-0.05, 0) is 29.6 Å². The fourth-order valence-electron chi connectivity index (χ4n) is 5.31. The Kier molecular flexibility index (Phi) is 10.4. The van der Waals surface area contributed by atoms with Crippen LogP contribution in [-0.2, 0) is 41.5 Å². The minimum absolute atomic E-state index is 0. The molecule has 4 aromatic carbocycles. The molecule has 0 saturated heterocycles. The summed E-state index contributed by atoms with van der Waals surface area (Å²) in [5.41, 5.74) is 1.97. The van der Waals surface area contributed by atoms with Crippen molar-refractivity contribution in [3.05, 3.63) is 151 Å². The molecule has 0 spiro atoms. The number of ether oxygens (including phenoxy) is 2. The minimum atomic E-state index is -0.945. The molecular weight excluding hydrogens is 936 g/mol. The van der Waals surface area contributed by atoms with Crippen LogP contribution >= 0.6 is 0 Å². The fraction of sp³-hybridized carbons (Fsp3) is 0. The Morgan fingerprint density at radius 1 is 0.529 bits per heavy atom. The van der Waals surface area contributed by atoms with Gasteiger partial charge in [0.1, 0.15) is 11.6 Å².